The Bertz CT molecular complexity index is 498. The predicted molar refractivity (Wildman–Crippen MR) is 73.6 cm³/mol. The van der Waals surface area contributed by atoms with Gasteiger partial charge in [0.25, 0.3) is 0 Å². The van der Waals surface area contributed by atoms with E-state index in [1.807, 2.05) is 31.4 Å². The van der Waals surface area contributed by atoms with E-state index in [0.29, 0.717) is 6.54 Å². The third-order valence-electron chi connectivity index (χ3n) is 2.53. The van der Waals surface area contributed by atoms with Gasteiger partial charge in [-0.05, 0) is 18.2 Å². The molecule has 0 aromatic carbocycles. The fraction of sp³-hybridized carbons (Fsp3) is 0.250. The minimum absolute atomic E-state index is 0.499. The molecule has 0 spiro atoms. The van der Waals surface area contributed by atoms with Crippen LogP contribution < -0.4 is 10.6 Å². The fourth-order valence-electron chi connectivity index (χ4n) is 1.71. The van der Waals surface area contributed by atoms with Crippen LogP contribution in [-0.4, -0.2) is 12.0 Å². The SMILES string of the molecule is CN(Cc1ccc(Cl)s1)c1ccncc1CN. The second kappa shape index (κ2) is 5.49. The minimum atomic E-state index is 0.499. The normalized spacial score (nSPS) is 10.5. The first-order chi connectivity index (χ1) is 8.20. The van der Waals surface area contributed by atoms with Crippen molar-refractivity contribution in [2.45, 2.75) is 13.1 Å². The van der Waals surface area contributed by atoms with E-state index in [2.05, 4.69) is 9.88 Å². The summed E-state index contributed by atoms with van der Waals surface area (Å²) in [6.45, 7) is 1.33. The number of halogens is 1. The molecule has 2 heterocycles. The highest BCUT2D eigenvalue weighted by Gasteiger charge is 2.08. The standard InChI is InChI=1S/C12H14ClN3S/c1-16(8-10-2-3-12(13)17-10)11-4-5-15-7-9(11)6-14/h2-5,7H,6,8,14H2,1H3. The summed E-state index contributed by atoms with van der Waals surface area (Å²) in [7, 11) is 2.04. The summed E-state index contributed by atoms with van der Waals surface area (Å²) >= 11 is 7.52. The van der Waals surface area contributed by atoms with Gasteiger partial charge in [-0.1, -0.05) is 11.6 Å². The molecule has 0 atom stereocenters. The number of rotatable bonds is 4. The van der Waals surface area contributed by atoms with Crippen LogP contribution in [0.2, 0.25) is 4.34 Å². The monoisotopic (exact) mass is 267 g/mol. The van der Waals surface area contributed by atoms with E-state index in [4.69, 9.17) is 17.3 Å². The third kappa shape index (κ3) is 2.97. The molecule has 0 fully saturated rings. The summed E-state index contributed by atoms with van der Waals surface area (Å²) in [4.78, 5) is 7.48. The lowest BCUT2D eigenvalue weighted by Gasteiger charge is -2.20. The average molecular weight is 268 g/mol. The van der Waals surface area contributed by atoms with Gasteiger partial charge in [0.1, 0.15) is 0 Å². The quantitative estimate of drug-likeness (QED) is 0.926. The topological polar surface area (TPSA) is 42.2 Å². The first kappa shape index (κ1) is 12.4. The molecular weight excluding hydrogens is 254 g/mol. The average Bonchev–Trinajstić information content (AvgIpc) is 2.74. The van der Waals surface area contributed by atoms with Crippen molar-refractivity contribution in [1.82, 2.24) is 4.98 Å². The van der Waals surface area contributed by atoms with Crippen molar-refractivity contribution in [3.8, 4) is 0 Å². The zero-order chi connectivity index (χ0) is 12.3. The van der Waals surface area contributed by atoms with Crippen LogP contribution in [0.4, 0.5) is 5.69 Å². The predicted octanol–water partition coefficient (Wildman–Crippen LogP) is 2.89. The van der Waals surface area contributed by atoms with Gasteiger partial charge in [0.15, 0.2) is 0 Å². The van der Waals surface area contributed by atoms with E-state index >= 15 is 0 Å². The Hall–Kier alpha value is -1.10. The summed E-state index contributed by atoms with van der Waals surface area (Å²) in [5.41, 5.74) is 7.87. The van der Waals surface area contributed by atoms with Crippen LogP contribution in [0, 0.1) is 0 Å². The van der Waals surface area contributed by atoms with Gasteiger partial charge in [0, 0.05) is 42.1 Å². The number of thiophene rings is 1. The molecule has 2 rings (SSSR count). The van der Waals surface area contributed by atoms with Gasteiger partial charge in [-0.2, -0.15) is 0 Å². The second-order valence-electron chi connectivity index (χ2n) is 3.77. The molecule has 5 heteroatoms. The number of pyridine rings is 1. The molecule has 0 saturated heterocycles. The Morgan fingerprint density at radius 1 is 1.41 bits per heavy atom. The van der Waals surface area contributed by atoms with Crippen LogP contribution in [0.1, 0.15) is 10.4 Å². The molecule has 0 aliphatic heterocycles. The molecule has 0 saturated carbocycles. The maximum atomic E-state index is 5.92. The smallest absolute Gasteiger partial charge is 0.0931 e. The van der Waals surface area contributed by atoms with Crippen molar-refractivity contribution in [2.24, 2.45) is 5.73 Å². The van der Waals surface area contributed by atoms with Crippen LogP contribution in [-0.2, 0) is 13.1 Å². The van der Waals surface area contributed by atoms with Crippen molar-refractivity contribution in [3.05, 3.63) is 45.4 Å². The first-order valence-corrected chi connectivity index (χ1v) is 6.48. The molecule has 0 aliphatic rings. The van der Waals surface area contributed by atoms with E-state index < -0.39 is 0 Å². The van der Waals surface area contributed by atoms with Crippen molar-refractivity contribution in [1.29, 1.82) is 0 Å². The van der Waals surface area contributed by atoms with Gasteiger partial charge in [-0.25, -0.2) is 0 Å². The van der Waals surface area contributed by atoms with Crippen molar-refractivity contribution < 1.29 is 0 Å². The molecule has 0 unspecified atom stereocenters. The Balaban J connectivity index is 2.16. The highest BCUT2D eigenvalue weighted by Crippen LogP contribution is 2.25. The maximum absolute atomic E-state index is 5.92. The molecule has 2 aromatic rings. The Morgan fingerprint density at radius 3 is 2.88 bits per heavy atom. The summed E-state index contributed by atoms with van der Waals surface area (Å²) in [6.07, 6.45) is 3.60. The molecule has 17 heavy (non-hydrogen) atoms. The van der Waals surface area contributed by atoms with E-state index in [0.717, 1.165) is 22.1 Å². The number of aromatic nitrogens is 1. The Morgan fingerprint density at radius 2 is 2.24 bits per heavy atom. The van der Waals surface area contributed by atoms with Gasteiger partial charge >= 0.3 is 0 Å². The molecule has 0 radical (unpaired) electrons. The van der Waals surface area contributed by atoms with Gasteiger partial charge in [0.2, 0.25) is 0 Å². The fourth-order valence-corrected chi connectivity index (χ4v) is 2.85. The van der Waals surface area contributed by atoms with Gasteiger partial charge in [0.05, 0.1) is 10.9 Å². The number of hydrogen-bond acceptors (Lipinski definition) is 4. The first-order valence-electron chi connectivity index (χ1n) is 5.29. The van der Waals surface area contributed by atoms with Gasteiger partial charge in [-0.3, -0.25) is 4.98 Å². The summed E-state index contributed by atoms with van der Waals surface area (Å²) in [5.74, 6) is 0. The van der Waals surface area contributed by atoms with Crippen LogP contribution in [0.5, 0.6) is 0 Å². The van der Waals surface area contributed by atoms with Crippen LogP contribution in [0.25, 0.3) is 0 Å². The molecule has 0 aliphatic carbocycles. The van der Waals surface area contributed by atoms with Crippen LogP contribution in [0.3, 0.4) is 0 Å². The lowest BCUT2D eigenvalue weighted by Crippen LogP contribution is -2.18. The maximum Gasteiger partial charge on any atom is 0.0931 e. The molecule has 90 valence electrons. The second-order valence-corrected chi connectivity index (χ2v) is 5.57. The lowest BCUT2D eigenvalue weighted by molar-refractivity contribution is 0.911. The Labute approximate surface area is 110 Å². The van der Waals surface area contributed by atoms with E-state index in [9.17, 15) is 0 Å². The molecule has 2 N–H and O–H groups in total. The largest absolute Gasteiger partial charge is 0.369 e. The molecule has 0 bridgehead atoms. The van der Waals surface area contributed by atoms with Crippen LogP contribution in [0.15, 0.2) is 30.6 Å². The van der Waals surface area contributed by atoms with Gasteiger partial charge in [-0.15, -0.1) is 11.3 Å². The summed E-state index contributed by atoms with van der Waals surface area (Å²) in [6, 6.07) is 5.95. The number of nitrogens with two attached hydrogens (primary N) is 1. The van der Waals surface area contributed by atoms with Crippen molar-refractivity contribution in [3.63, 3.8) is 0 Å². The highest BCUT2D eigenvalue weighted by atomic mass is 35.5. The molecule has 2 aromatic heterocycles. The van der Waals surface area contributed by atoms with Crippen LogP contribution >= 0.6 is 22.9 Å². The van der Waals surface area contributed by atoms with E-state index in [-0.39, 0.29) is 0 Å². The lowest BCUT2D eigenvalue weighted by atomic mass is 10.2. The van der Waals surface area contributed by atoms with Crippen molar-refractivity contribution >= 4 is 28.6 Å². The summed E-state index contributed by atoms with van der Waals surface area (Å²) < 4.78 is 0.821. The molecular formula is C12H14ClN3S. The molecule has 0 amide bonds. The highest BCUT2D eigenvalue weighted by molar-refractivity contribution is 7.16. The number of anilines is 1. The molecule has 3 nitrogen and oxygen atoms in total. The number of hydrogen-bond donors (Lipinski definition) is 1. The number of nitrogens with zero attached hydrogens (tertiary/aromatic N) is 2. The Kier molecular flexibility index (Phi) is 3.99. The minimum Gasteiger partial charge on any atom is -0.369 e. The summed E-state index contributed by atoms with van der Waals surface area (Å²) in [5, 5.41) is 0. The van der Waals surface area contributed by atoms with Crippen molar-refractivity contribution in [2.75, 3.05) is 11.9 Å². The van der Waals surface area contributed by atoms with E-state index in [1.54, 1.807) is 17.5 Å². The van der Waals surface area contributed by atoms with Gasteiger partial charge < -0.3 is 10.6 Å². The zero-order valence-electron chi connectivity index (χ0n) is 9.56. The third-order valence-corrected chi connectivity index (χ3v) is 3.75. The van der Waals surface area contributed by atoms with E-state index in [1.165, 1.54) is 4.88 Å². The zero-order valence-corrected chi connectivity index (χ0v) is 11.1.